The van der Waals surface area contributed by atoms with Crippen LogP contribution in [0.3, 0.4) is 0 Å². The third kappa shape index (κ3) is 6.46. The molecule has 0 spiro atoms. The standard InChI is InChI=1S/C19H22ClNO2S/c1-14-6-7-18(10-15(14)2)23-9-8-21-19(22)13-24-12-16-4-3-5-17(20)11-16/h3-7,10-11H,8-9,12-13H2,1-2H3,(H,21,22). The van der Waals surface area contributed by atoms with Crippen LogP contribution in [0, 0.1) is 13.8 Å². The van der Waals surface area contributed by atoms with E-state index < -0.39 is 0 Å². The van der Waals surface area contributed by atoms with Crippen LogP contribution in [0.5, 0.6) is 5.75 Å². The highest BCUT2D eigenvalue weighted by atomic mass is 35.5. The molecule has 0 atom stereocenters. The molecule has 0 unspecified atom stereocenters. The Morgan fingerprint density at radius 1 is 1.17 bits per heavy atom. The van der Waals surface area contributed by atoms with Crippen molar-refractivity contribution in [1.29, 1.82) is 0 Å². The van der Waals surface area contributed by atoms with Gasteiger partial charge in [0.05, 0.1) is 12.3 Å². The maximum Gasteiger partial charge on any atom is 0.230 e. The average Bonchev–Trinajstić information content (AvgIpc) is 2.55. The predicted octanol–water partition coefficient (Wildman–Crippen LogP) is 4.39. The molecule has 1 amide bonds. The van der Waals surface area contributed by atoms with Crippen molar-refractivity contribution in [2.75, 3.05) is 18.9 Å². The molecule has 128 valence electrons. The topological polar surface area (TPSA) is 38.3 Å². The number of ether oxygens (including phenoxy) is 1. The van der Waals surface area contributed by atoms with E-state index >= 15 is 0 Å². The lowest BCUT2D eigenvalue weighted by Gasteiger charge is -2.09. The smallest absolute Gasteiger partial charge is 0.230 e. The molecule has 0 aliphatic rings. The molecule has 0 saturated carbocycles. The minimum Gasteiger partial charge on any atom is -0.492 e. The van der Waals surface area contributed by atoms with Gasteiger partial charge in [0, 0.05) is 10.8 Å². The molecular formula is C19H22ClNO2S. The number of nitrogens with one attached hydrogen (secondary N) is 1. The molecule has 0 fully saturated rings. The minimum atomic E-state index is 0.0192. The number of aryl methyl sites for hydroxylation is 2. The molecule has 1 N–H and O–H groups in total. The largest absolute Gasteiger partial charge is 0.492 e. The Morgan fingerprint density at radius 3 is 2.75 bits per heavy atom. The molecule has 0 bridgehead atoms. The summed E-state index contributed by atoms with van der Waals surface area (Å²) in [7, 11) is 0. The van der Waals surface area contributed by atoms with E-state index in [4.69, 9.17) is 16.3 Å². The number of benzene rings is 2. The van der Waals surface area contributed by atoms with Crippen LogP contribution in [-0.4, -0.2) is 24.8 Å². The highest BCUT2D eigenvalue weighted by Gasteiger charge is 2.03. The van der Waals surface area contributed by atoms with E-state index in [2.05, 4.69) is 19.2 Å². The summed E-state index contributed by atoms with van der Waals surface area (Å²) < 4.78 is 5.64. The van der Waals surface area contributed by atoms with Crippen molar-refractivity contribution >= 4 is 29.3 Å². The fourth-order valence-corrected chi connectivity index (χ4v) is 3.12. The van der Waals surface area contributed by atoms with Gasteiger partial charge in [0.25, 0.3) is 0 Å². The van der Waals surface area contributed by atoms with Crippen LogP contribution in [0.2, 0.25) is 5.02 Å². The van der Waals surface area contributed by atoms with E-state index in [0.717, 1.165) is 22.1 Å². The van der Waals surface area contributed by atoms with E-state index in [9.17, 15) is 4.79 Å². The lowest BCUT2D eigenvalue weighted by Crippen LogP contribution is -2.29. The molecule has 2 rings (SSSR count). The second-order valence-corrected chi connectivity index (χ2v) is 6.99. The van der Waals surface area contributed by atoms with Gasteiger partial charge in [-0.05, 0) is 54.8 Å². The van der Waals surface area contributed by atoms with Gasteiger partial charge in [0.2, 0.25) is 5.91 Å². The summed E-state index contributed by atoms with van der Waals surface area (Å²) in [6.45, 7) is 5.10. The van der Waals surface area contributed by atoms with Crippen molar-refractivity contribution in [2.24, 2.45) is 0 Å². The molecule has 3 nitrogen and oxygen atoms in total. The van der Waals surface area contributed by atoms with Crippen LogP contribution in [0.1, 0.15) is 16.7 Å². The van der Waals surface area contributed by atoms with E-state index in [0.29, 0.717) is 18.9 Å². The molecule has 0 heterocycles. The fraction of sp³-hybridized carbons (Fsp3) is 0.316. The van der Waals surface area contributed by atoms with Crippen LogP contribution in [0.15, 0.2) is 42.5 Å². The summed E-state index contributed by atoms with van der Waals surface area (Å²) in [5, 5.41) is 3.59. The summed E-state index contributed by atoms with van der Waals surface area (Å²) in [5.74, 6) is 2.05. The minimum absolute atomic E-state index is 0.0192. The Balaban J connectivity index is 1.60. The van der Waals surface area contributed by atoms with E-state index in [-0.39, 0.29) is 5.91 Å². The average molecular weight is 364 g/mol. The number of amides is 1. The Hall–Kier alpha value is -1.65. The highest BCUT2D eigenvalue weighted by molar-refractivity contribution is 7.99. The van der Waals surface area contributed by atoms with Crippen LogP contribution in [0.25, 0.3) is 0 Å². The van der Waals surface area contributed by atoms with Gasteiger partial charge >= 0.3 is 0 Å². The molecule has 0 radical (unpaired) electrons. The van der Waals surface area contributed by atoms with Crippen molar-refractivity contribution in [2.45, 2.75) is 19.6 Å². The van der Waals surface area contributed by atoms with Gasteiger partial charge in [-0.1, -0.05) is 29.8 Å². The van der Waals surface area contributed by atoms with Gasteiger partial charge in [-0.25, -0.2) is 0 Å². The van der Waals surface area contributed by atoms with Crippen LogP contribution in [0.4, 0.5) is 0 Å². The van der Waals surface area contributed by atoms with Gasteiger partial charge in [-0.15, -0.1) is 11.8 Å². The summed E-state index contributed by atoms with van der Waals surface area (Å²) in [4.78, 5) is 11.8. The lowest BCUT2D eigenvalue weighted by molar-refractivity contribution is -0.118. The quantitative estimate of drug-likeness (QED) is 0.707. The molecule has 5 heteroatoms. The van der Waals surface area contributed by atoms with Gasteiger partial charge in [-0.3, -0.25) is 4.79 Å². The van der Waals surface area contributed by atoms with Gasteiger partial charge in [0.15, 0.2) is 0 Å². The lowest BCUT2D eigenvalue weighted by atomic mass is 10.1. The Morgan fingerprint density at radius 2 is 2.00 bits per heavy atom. The number of thioether (sulfide) groups is 1. The molecule has 0 aromatic heterocycles. The molecule has 0 aliphatic carbocycles. The van der Waals surface area contributed by atoms with Crippen LogP contribution >= 0.6 is 23.4 Å². The SMILES string of the molecule is Cc1ccc(OCCNC(=O)CSCc2cccc(Cl)c2)cc1C. The zero-order chi connectivity index (χ0) is 17.4. The molecule has 0 aliphatic heterocycles. The molecule has 2 aromatic rings. The maximum absolute atomic E-state index is 11.8. The molecule has 24 heavy (non-hydrogen) atoms. The second kappa shape index (κ2) is 9.60. The van der Waals surface area contributed by atoms with E-state index in [1.165, 1.54) is 11.1 Å². The van der Waals surface area contributed by atoms with E-state index in [1.54, 1.807) is 11.8 Å². The summed E-state index contributed by atoms with van der Waals surface area (Å²) in [5.41, 5.74) is 3.57. The van der Waals surface area contributed by atoms with Crippen molar-refractivity contribution in [3.8, 4) is 5.75 Å². The fourth-order valence-electron chi connectivity index (χ4n) is 2.10. The number of halogens is 1. The molecule has 2 aromatic carbocycles. The van der Waals surface area contributed by atoms with Crippen LogP contribution in [-0.2, 0) is 10.5 Å². The third-order valence-electron chi connectivity index (χ3n) is 3.56. The van der Waals surface area contributed by atoms with Crippen molar-refractivity contribution < 1.29 is 9.53 Å². The maximum atomic E-state index is 11.8. The summed E-state index contributed by atoms with van der Waals surface area (Å²) in [6.07, 6.45) is 0. The normalized spacial score (nSPS) is 10.5. The summed E-state index contributed by atoms with van der Waals surface area (Å²) >= 11 is 7.51. The zero-order valence-electron chi connectivity index (χ0n) is 14.0. The van der Waals surface area contributed by atoms with Gasteiger partial charge < -0.3 is 10.1 Å². The Kier molecular flexibility index (Phi) is 7.47. The number of carbonyl (C=O) groups is 1. The van der Waals surface area contributed by atoms with Crippen molar-refractivity contribution in [3.05, 3.63) is 64.2 Å². The van der Waals surface area contributed by atoms with Gasteiger partial charge in [0.1, 0.15) is 12.4 Å². The first kappa shape index (κ1) is 18.7. The van der Waals surface area contributed by atoms with Crippen molar-refractivity contribution in [1.82, 2.24) is 5.32 Å². The number of rotatable bonds is 8. The zero-order valence-corrected chi connectivity index (χ0v) is 15.5. The number of hydrogen-bond donors (Lipinski definition) is 1. The highest BCUT2D eigenvalue weighted by Crippen LogP contribution is 2.17. The third-order valence-corrected chi connectivity index (χ3v) is 4.80. The number of carbonyl (C=O) groups excluding carboxylic acids is 1. The molecular weight excluding hydrogens is 342 g/mol. The second-order valence-electron chi connectivity index (χ2n) is 5.57. The first-order chi connectivity index (χ1) is 11.5. The van der Waals surface area contributed by atoms with E-state index in [1.807, 2.05) is 42.5 Å². The first-order valence-electron chi connectivity index (χ1n) is 7.83. The Labute approximate surface area is 152 Å². The number of hydrogen-bond acceptors (Lipinski definition) is 3. The monoisotopic (exact) mass is 363 g/mol. The van der Waals surface area contributed by atoms with Gasteiger partial charge in [-0.2, -0.15) is 0 Å². The first-order valence-corrected chi connectivity index (χ1v) is 9.37. The Bertz CT molecular complexity index is 691. The van der Waals surface area contributed by atoms with Crippen LogP contribution < -0.4 is 10.1 Å². The van der Waals surface area contributed by atoms with Crippen molar-refractivity contribution in [3.63, 3.8) is 0 Å². The molecule has 0 saturated heterocycles. The summed E-state index contributed by atoms with van der Waals surface area (Å²) in [6, 6.07) is 13.7. The predicted molar refractivity (Wildman–Crippen MR) is 102 cm³/mol.